The summed E-state index contributed by atoms with van der Waals surface area (Å²) >= 11 is 0. The normalized spacial score (nSPS) is 14.7. The Morgan fingerprint density at radius 3 is 1.33 bits per heavy atom. The molecule has 0 fully saturated rings. The van der Waals surface area contributed by atoms with Crippen LogP contribution in [-0.4, -0.2) is 25.2 Å². The average Bonchev–Trinajstić information content (AvgIpc) is 2.46. The third-order valence-electron chi connectivity index (χ3n) is 4.92. The molecule has 0 atom stereocenters. The molecule has 0 saturated heterocycles. The van der Waals surface area contributed by atoms with E-state index in [-0.39, 0.29) is 0 Å². The van der Waals surface area contributed by atoms with Gasteiger partial charge < -0.3 is 4.74 Å². The maximum atomic E-state index is 13.5. The van der Waals surface area contributed by atoms with E-state index in [9.17, 15) is 31.1 Å². The van der Waals surface area contributed by atoms with Gasteiger partial charge in [-0.15, -0.1) is 0 Å². The molecule has 0 spiro atoms. The summed E-state index contributed by atoms with van der Waals surface area (Å²) in [6.07, 6.45) is -11.2. The molecule has 0 aromatic heterocycles. The summed E-state index contributed by atoms with van der Waals surface area (Å²) in [5.41, 5.74) is -5.20. The molecule has 0 aliphatic rings. The minimum Gasteiger partial charge on any atom is -0.500 e. The molecule has 0 aliphatic heterocycles. The van der Waals surface area contributed by atoms with Crippen molar-refractivity contribution in [1.82, 2.24) is 0 Å². The van der Waals surface area contributed by atoms with Gasteiger partial charge in [-0.3, -0.25) is 4.79 Å². The Bertz CT molecular complexity index is 454. The van der Waals surface area contributed by atoms with Gasteiger partial charge in [-0.1, -0.05) is 27.7 Å². The third-order valence-corrected chi connectivity index (χ3v) is 4.92. The summed E-state index contributed by atoms with van der Waals surface area (Å²) in [6, 6.07) is 0. The number of hydrogen-bond donors (Lipinski definition) is 0. The number of alkyl halides is 6. The second kappa shape index (κ2) is 7.78. The van der Waals surface area contributed by atoms with Gasteiger partial charge in [0, 0.05) is 6.08 Å². The molecular formula is C16H24F6O2. The topological polar surface area (TPSA) is 26.3 Å². The highest BCUT2D eigenvalue weighted by Crippen LogP contribution is 2.51. The number of carbonyl (C=O) groups excluding carboxylic acids is 1. The van der Waals surface area contributed by atoms with Crippen molar-refractivity contribution < 1.29 is 35.9 Å². The summed E-state index contributed by atoms with van der Waals surface area (Å²) in [6.45, 7) is 4.88. The molecule has 0 aromatic rings. The van der Waals surface area contributed by atoms with Crippen molar-refractivity contribution >= 4 is 5.78 Å². The summed E-state index contributed by atoms with van der Waals surface area (Å²) in [5, 5.41) is 0. The van der Waals surface area contributed by atoms with Crippen molar-refractivity contribution in [2.45, 2.75) is 65.7 Å². The fourth-order valence-electron chi connectivity index (χ4n) is 2.93. The molecule has 0 N–H and O–H groups in total. The predicted octanol–water partition coefficient (Wildman–Crippen LogP) is 5.82. The molecule has 0 heterocycles. The Balaban J connectivity index is 6.29. The Morgan fingerprint density at radius 2 is 1.12 bits per heavy atom. The zero-order valence-corrected chi connectivity index (χ0v) is 14.5. The lowest BCUT2D eigenvalue weighted by Gasteiger charge is -2.36. The maximum absolute atomic E-state index is 13.5. The second-order valence-corrected chi connectivity index (χ2v) is 5.65. The van der Waals surface area contributed by atoms with Gasteiger partial charge >= 0.3 is 12.4 Å². The van der Waals surface area contributed by atoms with Crippen LogP contribution in [0.1, 0.15) is 53.4 Å². The Kier molecular flexibility index (Phi) is 7.39. The lowest BCUT2D eigenvalue weighted by molar-refractivity contribution is -0.224. The largest absolute Gasteiger partial charge is 0.500 e. The smallest absolute Gasteiger partial charge is 0.401 e. The van der Waals surface area contributed by atoms with E-state index in [2.05, 4.69) is 0 Å². The van der Waals surface area contributed by atoms with Crippen molar-refractivity contribution in [3.05, 3.63) is 11.8 Å². The fourth-order valence-corrected chi connectivity index (χ4v) is 2.93. The van der Waals surface area contributed by atoms with Crippen molar-refractivity contribution in [3.63, 3.8) is 0 Å². The molecule has 8 heteroatoms. The number of methoxy groups -OCH3 is 1. The van der Waals surface area contributed by atoms with E-state index in [0.717, 1.165) is 7.11 Å². The first-order chi connectivity index (χ1) is 10.8. The van der Waals surface area contributed by atoms with Gasteiger partial charge in [-0.2, -0.15) is 26.3 Å². The van der Waals surface area contributed by atoms with E-state index in [1.54, 1.807) is 0 Å². The molecule has 0 amide bonds. The van der Waals surface area contributed by atoms with Crippen LogP contribution in [0.15, 0.2) is 11.8 Å². The number of hydrogen-bond acceptors (Lipinski definition) is 2. The van der Waals surface area contributed by atoms with Crippen LogP contribution in [0.5, 0.6) is 0 Å². The van der Waals surface area contributed by atoms with Crippen LogP contribution in [0.2, 0.25) is 0 Å². The van der Waals surface area contributed by atoms with Crippen LogP contribution >= 0.6 is 0 Å². The zero-order valence-electron chi connectivity index (χ0n) is 14.5. The highest BCUT2D eigenvalue weighted by molar-refractivity contribution is 5.96. The summed E-state index contributed by atoms with van der Waals surface area (Å²) in [7, 11) is 0.929. The van der Waals surface area contributed by atoms with Crippen LogP contribution in [0, 0.1) is 10.8 Å². The standard InChI is InChI=1S/C16H24F6O2/c1-6-13(7-2,15(17,18)19)11(23)10-12(24-5)14(8-3,9-4)16(20,21)22/h10H,6-9H2,1-5H3/b12-10-. The Labute approximate surface area is 138 Å². The van der Waals surface area contributed by atoms with Crippen LogP contribution < -0.4 is 0 Å². The number of allylic oxidation sites excluding steroid dienone is 2. The Hall–Kier alpha value is -1.21. The van der Waals surface area contributed by atoms with Gasteiger partial charge in [-0.25, -0.2) is 0 Å². The number of ketones is 1. The molecule has 0 radical (unpaired) electrons. The first kappa shape index (κ1) is 22.8. The minimum atomic E-state index is -4.86. The Morgan fingerprint density at radius 1 is 0.792 bits per heavy atom. The molecule has 142 valence electrons. The fraction of sp³-hybridized carbons (Fsp3) is 0.812. The van der Waals surface area contributed by atoms with Crippen molar-refractivity contribution in [1.29, 1.82) is 0 Å². The quantitative estimate of drug-likeness (QED) is 0.309. The van der Waals surface area contributed by atoms with Crippen LogP contribution in [-0.2, 0) is 9.53 Å². The van der Waals surface area contributed by atoms with Crippen LogP contribution in [0.4, 0.5) is 26.3 Å². The summed E-state index contributed by atoms with van der Waals surface area (Å²) in [5.74, 6) is -2.19. The SMILES string of the molecule is CCC(CC)(C(=O)/C=C(\OC)C(CC)(CC)C(F)(F)F)C(F)(F)F. The molecular weight excluding hydrogens is 338 g/mol. The average molecular weight is 362 g/mol. The highest BCUT2D eigenvalue weighted by Gasteiger charge is 2.59. The van der Waals surface area contributed by atoms with Gasteiger partial charge in [0.05, 0.1) is 7.11 Å². The van der Waals surface area contributed by atoms with Crippen molar-refractivity contribution in [3.8, 4) is 0 Å². The van der Waals surface area contributed by atoms with E-state index >= 15 is 0 Å². The van der Waals surface area contributed by atoms with Gasteiger partial charge in [0.25, 0.3) is 0 Å². The van der Waals surface area contributed by atoms with Gasteiger partial charge in [0.2, 0.25) is 0 Å². The molecule has 0 aliphatic carbocycles. The molecule has 24 heavy (non-hydrogen) atoms. The van der Waals surface area contributed by atoms with E-state index in [0.29, 0.717) is 6.08 Å². The van der Waals surface area contributed by atoms with Gasteiger partial charge in [0.15, 0.2) is 5.78 Å². The molecule has 0 unspecified atom stereocenters. The molecule has 0 aromatic carbocycles. The summed E-state index contributed by atoms with van der Waals surface area (Å²) < 4.78 is 85.3. The number of halogens is 6. The maximum Gasteiger partial charge on any atom is 0.401 e. The number of rotatable bonds is 8. The van der Waals surface area contributed by atoms with Gasteiger partial charge in [0.1, 0.15) is 16.6 Å². The lowest BCUT2D eigenvalue weighted by atomic mass is 9.74. The molecule has 0 rings (SSSR count). The summed E-state index contributed by atoms with van der Waals surface area (Å²) in [4.78, 5) is 12.3. The highest BCUT2D eigenvalue weighted by atomic mass is 19.4. The lowest BCUT2D eigenvalue weighted by Crippen LogP contribution is -2.45. The zero-order chi connectivity index (χ0) is 19.4. The van der Waals surface area contributed by atoms with E-state index in [1.807, 2.05) is 0 Å². The monoisotopic (exact) mass is 362 g/mol. The molecule has 0 bridgehead atoms. The molecule has 0 saturated carbocycles. The van der Waals surface area contributed by atoms with E-state index < -0.39 is 60.4 Å². The first-order valence-electron chi connectivity index (χ1n) is 7.77. The number of carbonyl (C=O) groups is 1. The van der Waals surface area contributed by atoms with Crippen molar-refractivity contribution in [2.24, 2.45) is 10.8 Å². The van der Waals surface area contributed by atoms with Gasteiger partial charge in [-0.05, 0) is 25.7 Å². The predicted molar refractivity (Wildman–Crippen MR) is 78.2 cm³/mol. The first-order valence-corrected chi connectivity index (χ1v) is 7.77. The van der Waals surface area contributed by atoms with Crippen molar-refractivity contribution in [2.75, 3.05) is 7.11 Å². The van der Waals surface area contributed by atoms with Crippen LogP contribution in [0.3, 0.4) is 0 Å². The second-order valence-electron chi connectivity index (χ2n) is 5.65. The van der Waals surface area contributed by atoms with E-state index in [1.165, 1.54) is 27.7 Å². The molecule has 2 nitrogen and oxygen atoms in total. The van der Waals surface area contributed by atoms with Crippen LogP contribution in [0.25, 0.3) is 0 Å². The minimum absolute atomic E-state index is 0.390. The third kappa shape index (κ3) is 3.72. The van der Waals surface area contributed by atoms with E-state index in [4.69, 9.17) is 4.74 Å². The number of ether oxygens (including phenoxy) is 1.